The van der Waals surface area contributed by atoms with Crippen LogP contribution in [0, 0.1) is 0 Å². The Hall–Kier alpha value is -0.820. The fraction of sp³-hybridized carbons (Fsp3) is 0.692. The molecule has 0 atom stereocenters. The first-order valence-electron chi connectivity index (χ1n) is 7.03. The van der Waals surface area contributed by atoms with E-state index in [9.17, 15) is 13.2 Å². The van der Waals surface area contributed by atoms with Crippen molar-refractivity contribution in [3.05, 3.63) is 11.1 Å². The van der Waals surface area contributed by atoms with E-state index in [1.54, 1.807) is 18.4 Å². The van der Waals surface area contributed by atoms with Crippen LogP contribution in [0.25, 0.3) is 0 Å². The highest BCUT2D eigenvalue weighted by atomic mass is 127. The lowest BCUT2D eigenvalue weighted by molar-refractivity contribution is -0.142. The average molecular weight is 480 g/mol. The topological polar surface area (TPSA) is 55.8 Å². The van der Waals surface area contributed by atoms with Crippen molar-refractivity contribution in [2.75, 3.05) is 52.7 Å². The number of hydrogen-bond acceptors (Lipinski definition) is 5. The monoisotopic (exact) mass is 480 g/mol. The molecule has 1 aromatic rings. The van der Waals surface area contributed by atoms with Gasteiger partial charge in [0.1, 0.15) is 0 Å². The number of hydrogen-bond donors (Lipinski definition) is 2. The van der Waals surface area contributed by atoms with E-state index in [-0.39, 0.29) is 30.5 Å². The molecule has 24 heavy (non-hydrogen) atoms. The largest absolute Gasteiger partial charge is 0.401 e. The van der Waals surface area contributed by atoms with Gasteiger partial charge in [0, 0.05) is 39.6 Å². The highest BCUT2D eigenvalue weighted by Gasteiger charge is 2.28. The van der Waals surface area contributed by atoms with Crippen molar-refractivity contribution in [3.63, 3.8) is 0 Å². The van der Waals surface area contributed by atoms with Crippen molar-refractivity contribution >= 4 is 46.4 Å². The molecule has 0 saturated carbocycles. The molecule has 0 bridgehead atoms. The summed E-state index contributed by atoms with van der Waals surface area (Å²) >= 11 is 1.55. The molecule has 0 spiro atoms. The summed E-state index contributed by atoms with van der Waals surface area (Å²) in [4.78, 5) is 11.6. The van der Waals surface area contributed by atoms with Gasteiger partial charge in [-0.1, -0.05) is 0 Å². The normalized spacial score (nSPS) is 12.1. The maximum atomic E-state index is 12.2. The Balaban J connectivity index is 0.00000529. The van der Waals surface area contributed by atoms with Crippen LogP contribution < -0.4 is 15.5 Å². The van der Waals surface area contributed by atoms with Crippen molar-refractivity contribution < 1.29 is 13.2 Å². The predicted molar refractivity (Wildman–Crippen MR) is 104 cm³/mol. The summed E-state index contributed by atoms with van der Waals surface area (Å²) in [6.45, 7) is 0.212. The van der Waals surface area contributed by atoms with Gasteiger partial charge < -0.3 is 15.5 Å². The fourth-order valence-corrected chi connectivity index (χ4v) is 2.49. The van der Waals surface area contributed by atoms with E-state index in [1.807, 2.05) is 24.4 Å². The van der Waals surface area contributed by atoms with Crippen molar-refractivity contribution in [1.29, 1.82) is 0 Å². The number of anilines is 1. The average Bonchev–Trinajstić information content (AvgIpc) is 2.89. The van der Waals surface area contributed by atoms with Crippen LogP contribution in [0.3, 0.4) is 0 Å². The number of halogens is 4. The third kappa shape index (κ3) is 9.47. The van der Waals surface area contributed by atoms with Crippen LogP contribution in [0.5, 0.6) is 0 Å². The molecule has 1 aromatic heterocycles. The zero-order chi connectivity index (χ0) is 17.5. The third-order valence-electron chi connectivity index (χ3n) is 2.82. The molecular weight excluding hydrogens is 456 g/mol. The molecule has 0 aromatic carbocycles. The standard InChI is InChI=1S/C13H23F3N6S.HI/c1-17-11(18-5-6-22(4)9-13(14,15)16)19-7-10-8-23-12(20-10)21(2)3;/h8H,5-7,9H2,1-4H3,(H2,17,18,19);1H. The smallest absolute Gasteiger partial charge is 0.355 e. The third-order valence-corrected chi connectivity index (χ3v) is 3.88. The second-order valence-electron chi connectivity index (χ2n) is 5.22. The lowest BCUT2D eigenvalue weighted by Gasteiger charge is -2.19. The quantitative estimate of drug-likeness (QED) is 0.355. The molecule has 0 radical (unpaired) electrons. The molecule has 0 aliphatic heterocycles. The van der Waals surface area contributed by atoms with Gasteiger partial charge in [-0.25, -0.2) is 4.98 Å². The maximum absolute atomic E-state index is 12.2. The summed E-state index contributed by atoms with van der Waals surface area (Å²) in [6, 6.07) is 0. The molecule has 140 valence electrons. The van der Waals surface area contributed by atoms with Gasteiger partial charge in [-0.2, -0.15) is 13.2 Å². The van der Waals surface area contributed by atoms with Gasteiger partial charge >= 0.3 is 6.18 Å². The number of alkyl halides is 3. The number of thiazole rings is 1. The molecule has 1 heterocycles. The van der Waals surface area contributed by atoms with Gasteiger partial charge in [-0.3, -0.25) is 9.89 Å². The molecule has 6 nitrogen and oxygen atoms in total. The molecule has 11 heteroatoms. The predicted octanol–water partition coefficient (Wildman–Crippen LogP) is 1.99. The molecule has 0 aliphatic carbocycles. The van der Waals surface area contributed by atoms with Gasteiger partial charge in [0.2, 0.25) is 0 Å². The van der Waals surface area contributed by atoms with E-state index in [0.717, 1.165) is 10.8 Å². The van der Waals surface area contributed by atoms with E-state index in [2.05, 4.69) is 20.6 Å². The summed E-state index contributed by atoms with van der Waals surface area (Å²) in [5, 5.41) is 8.93. The Labute approximate surface area is 161 Å². The van der Waals surface area contributed by atoms with Crippen LogP contribution in [0.2, 0.25) is 0 Å². The first kappa shape index (κ1) is 23.2. The van der Waals surface area contributed by atoms with Crippen LogP contribution in [0.15, 0.2) is 10.4 Å². The minimum absolute atomic E-state index is 0. The molecule has 2 N–H and O–H groups in total. The lowest BCUT2D eigenvalue weighted by Crippen LogP contribution is -2.42. The molecular formula is C13H24F3IN6S. The number of aliphatic imine (C=N–C) groups is 1. The van der Waals surface area contributed by atoms with Gasteiger partial charge in [0.15, 0.2) is 11.1 Å². The minimum Gasteiger partial charge on any atom is -0.355 e. The molecule has 1 rings (SSSR count). The van der Waals surface area contributed by atoms with Crippen LogP contribution in [0.1, 0.15) is 5.69 Å². The first-order valence-corrected chi connectivity index (χ1v) is 7.91. The van der Waals surface area contributed by atoms with Crippen molar-refractivity contribution in [1.82, 2.24) is 20.5 Å². The van der Waals surface area contributed by atoms with E-state index < -0.39 is 12.7 Å². The van der Waals surface area contributed by atoms with Gasteiger partial charge in [-0.05, 0) is 7.05 Å². The van der Waals surface area contributed by atoms with Gasteiger partial charge in [-0.15, -0.1) is 35.3 Å². The molecule has 0 amide bonds. The van der Waals surface area contributed by atoms with E-state index >= 15 is 0 Å². The summed E-state index contributed by atoms with van der Waals surface area (Å²) in [7, 11) is 6.90. The van der Waals surface area contributed by atoms with Crippen LogP contribution in [0.4, 0.5) is 18.3 Å². The van der Waals surface area contributed by atoms with Crippen molar-refractivity contribution in [2.24, 2.45) is 4.99 Å². The van der Waals surface area contributed by atoms with Crippen LogP contribution in [-0.2, 0) is 6.54 Å². The Morgan fingerprint density at radius 3 is 2.46 bits per heavy atom. The maximum Gasteiger partial charge on any atom is 0.401 e. The Morgan fingerprint density at radius 1 is 1.29 bits per heavy atom. The number of guanidine groups is 1. The summed E-state index contributed by atoms with van der Waals surface area (Å²) in [5.41, 5.74) is 0.885. The summed E-state index contributed by atoms with van der Waals surface area (Å²) in [5.74, 6) is 0.532. The molecule has 0 aliphatic rings. The lowest BCUT2D eigenvalue weighted by atomic mass is 10.4. The van der Waals surface area contributed by atoms with E-state index in [1.165, 1.54) is 11.9 Å². The number of likely N-dealkylation sites (N-methyl/N-ethyl adjacent to an activating group) is 1. The summed E-state index contributed by atoms with van der Waals surface area (Å²) in [6.07, 6.45) is -4.18. The van der Waals surface area contributed by atoms with E-state index in [0.29, 0.717) is 19.0 Å². The zero-order valence-corrected chi connectivity index (χ0v) is 17.3. The van der Waals surface area contributed by atoms with Crippen LogP contribution >= 0.6 is 35.3 Å². The summed E-state index contributed by atoms with van der Waals surface area (Å²) < 4.78 is 36.7. The zero-order valence-electron chi connectivity index (χ0n) is 14.1. The van der Waals surface area contributed by atoms with Crippen molar-refractivity contribution in [2.45, 2.75) is 12.7 Å². The fourth-order valence-electron chi connectivity index (χ4n) is 1.73. The number of nitrogens with zero attached hydrogens (tertiary/aromatic N) is 4. The van der Waals surface area contributed by atoms with E-state index in [4.69, 9.17) is 0 Å². The number of nitrogens with one attached hydrogen (secondary N) is 2. The highest BCUT2D eigenvalue weighted by Crippen LogP contribution is 2.17. The minimum atomic E-state index is -4.18. The first-order chi connectivity index (χ1) is 10.7. The molecule has 0 fully saturated rings. The number of aromatic nitrogens is 1. The van der Waals surface area contributed by atoms with Crippen LogP contribution in [-0.4, -0.2) is 69.8 Å². The Bertz CT molecular complexity index is 506. The van der Waals surface area contributed by atoms with Crippen molar-refractivity contribution in [3.8, 4) is 0 Å². The molecule has 0 unspecified atom stereocenters. The van der Waals surface area contributed by atoms with Gasteiger partial charge in [0.05, 0.1) is 18.8 Å². The highest BCUT2D eigenvalue weighted by molar-refractivity contribution is 14.0. The Kier molecular flexibility index (Phi) is 10.6. The number of rotatable bonds is 7. The Morgan fingerprint density at radius 2 is 1.96 bits per heavy atom. The van der Waals surface area contributed by atoms with Gasteiger partial charge in [0.25, 0.3) is 0 Å². The second kappa shape index (κ2) is 10.9. The molecule has 0 saturated heterocycles. The second-order valence-corrected chi connectivity index (χ2v) is 6.06. The SMILES string of the molecule is CN=C(NCCN(C)CC(F)(F)F)NCc1csc(N(C)C)n1.I.